The van der Waals surface area contributed by atoms with Crippen molar-refractivity contribution in [2.24, 2.45) is 0 Å². The molecule has 51 heavy (non-hydrogen) atoms. The summed E-state index contributed by atoms with van der Waals surface area (Å²) in [6.45, 7) is -0.593. The Morgan fingerprint density at radius 3 is 1.96 bits per heavy atom. The van der Waals surface area contributed by atoms with Crippen LogP contribution in [0.3, 0.4) is 0 Å². The summed E-state index contributed by atoms with van der Waals surface area (Å²) in [6, 6.07) is 26.8. The average Bonchev–Trinajstić information content (AvgIpc) is 3.68. The molecule has 4 aromatic rings. The first-order valence-electron chi connectivity index (χ1n) is 16.8. The lowest BCUT2D eigenvalue weighted by molar-refractivity contribution is -0.140. The van der Waals surface area contributed by atoms with Crippen LogP contribution in [0, 0.1) is 0 Å². The third-order valence-corrected chi connectivity index (χ3v) is 10.8. The Balaban J connectivity index is 1.63. The van der Waals surface area contributed by atoms with Crippen molar-refractivity contribution < 1.29 is 37.0 Å². The molecule has 4 aromatic carbocycles. The number of hydrogen-bond acceptors (Lipinski definition) is 8. The van der Waals surface area contributed by atoms with Crippen molar-refractivity contribution >= 4 is 27.5 Å². The van der Waals surface area contributed by atoms with Gasteiger partial charge in [-0.3, -0.25) is 13.9 Å². The molecule has 0 aromatic heterocycles. The number of sulfonamides is 1. The zero-order valence-corrected chi connectivity index (χ0v) is 30.2. The molecule has 0 bridgehead atoms. The van der Waals surface area contributed by atoms with Gasteiger partial charge in [0, 0.05) is 31.1 Å². The van der Waals surface area contributed by atoms with Crippen LogP contribution in [-0.2, 0) is 32.6 Å². The van der Waals surface area contributed by atoms with Crippen LogP contribution in [0.25, 0.3) is 0 Å². The first-order valence-corrected chi connectivity index (χ1v) is 18.3. The SMILES string of the molecule is COc1ccc(OC)c(N(CC(=O)N(Cc2ccccc2)C(Cc2ccccc2)C(=O)NC2CCCC2)S(=O)(=O)c2ccc(OC)c(OC)c2)c1. The van der Waals surface area contributed by atoms with Gasteiger partial charge < -0.3 is 29.2 Å². The van der Waals surface area contributed by atoms with Crippen molar-refractivity contribution in [3.8, 4) is 23.0 Å². The van der Waals surface area contributed by atoms with Gasteiger partial charge in [-0.15, -0.1) is 0 Å². The normalized spacial score (nSPS) is 13.6. The van der Waals surface area contributed by atoms with E-state index in [4.69, 9.17) is 18.9 Å². The second-order valence-electron chi connectivity index (χ2n) is 12.3. The van der Waals surface area contributed by atoms with Crippen LogP contribution in [0.5, 0.6) is 23.0 Å². The summed E-state index contributed by atoms with van der Waals surface area (Å²) in [4.78, 5) is 30.4. The molecule has 0 heterocycles. The number of hydrogen-bond donors (Lipinski definition) is 1. The van der Waals surface area contributed by atoms with Gasteiger partial charge in [0.25, 0.3) is 10.0 Å². The summed E-state index contributed by atoms with van der Waals surface area (Å²) >= 11 is 0. The number of methoxy groups -OCH3 is 4. The number of amides is 2. The van der Waals surface area contributed by atoms with E-state index in [9.17, 15) is 18.0 Å². The number of benzene rings is 4. The summed E-state index contributed by atoms with van der Waals surface area (Å²) in [6.07, 6.45) is 3.99. The zero-order valence-electron chi connectivity index (χ0n) is 29.4. The molecule has 1 saturated carbocycles. The van der Waals surface area contributed by atoms with Gasteiger partial charge in [0.1, 0.15) is 24.1 Å². The van der Waals surface area contributed by atoms with Gasteiger partial charge in [0.05, 0.1) is 39.0 Å². The Morgan fingerprint density at radius 2 is 1.35 bits per heavy atom. The van der Waals surface area contributed by atoms with E-state index in [2.05, 4.69) is 5.32 Å². The number of ether oxygens (including phenoxy) is 4. The first kappa shape index (κ1) is 37.0. The lowest BCUT2D eigenvalue weighted by Gasteiger charge is -2.34. The molecule has 0 aliphatic heterocycles. The van der Waals surface area contributed by atoms with E-state index in [1.807, 2.05) is 60.7 Å². The van der Waals surface area contributed by atoms with Gasteiger partial charge in [-0.1, -0.05) is 73.5 Å². The summed E-state index contributed by atoms with van der Waals surface area (Å²) in [5, 5.41) is 3.19. The molecule has 1 aliphatic rings. The second-order valence-corrected chi connectivity index (χ2v) is 14.1. The summed E-state index contributed by atoms with van der Waals surface area (Å²) in [5.74, 6) is 0.203. The van der Waals surface area contributed by atoms with Gasteiger partial charge in [0.15, 0.2) is 11.5 Å². The average molecular weight is 716 g/mol. The molecule has 5 rings (SSSR count). The van der Waals surface area contributed by atoms with Gasteiger partial charge in [-0.05, 0) is 48.2 Å². The van der Waals surface area contributed by atoms with Crippen molar-refractivity contribution in [2.45, 2.75) is 55.6 Å². The third-order valence-electron chi connectivity index (χ3n) is 9.04. The van der Waals surface area contributed by atoms with E-state index >= 15 is 0 Å². The Bertz CT molecular complexity index is 1880. The molecule has 1 aliphatic carbocycles. The molecule has 1 N–H and O–H groups in total. The highest BCUT2D eigenvalue weighted by atomic mass is 32.2. The minimum Gasteiger partial charge on any atom is -0.497 e. The fraction of sp³-hybridized carbons (Fsp3) is 0.333. The molecule has 0 spiro atoms. The predicted octanol–water partition coefficient (Wildman–Crippen LogP) is 5.62. The van der Waals surface area contributed by atoms with E-state index in [0.717, 1.165) is 41.1 Å². The van der Waals surface area contributed by atoms with Crippen LogP contribution in [0.1, 0.15) is 36.8 Å². The van der Waals surface area contributed by atoms with E-state index in [1.165, 1.54) is 57.6 Å². The largest absolute Gasteiger partial charge is 0.497 e. The van der Waals surface area contributed by atoms with Crippen LogP contribution in [-0.4, -0.2) is 72.2 Å². The van der Waals surface area contributed by atoms with Gasteiger partial charge >= 0.3 is 0 Å². The smallest absolute Gasteiger partial charge is 0.265 e. The maximum absolute atomic E-state index is 14.9. The minimum atomic E-state index is -4.48. The standard InChI is InChI=1S/C39H45N3O8S/c1-47-31-19-21-35(48-2)33(24-31)42(51(45,46)32-20-22-36(49-3)37(25-32)50-4)27-38(43)41(26-29-15-9-6-10-16-29)34(23-28-13-7-5-8-14-28)39(44)40-30-17-11-12-18-30/h5-10,13-16,19-22,24-25,30,34H,11-12,17-18,23,26-27H2,1-4H3,(H,40,44). The quantitative estimate of drug-likeness (QED) is 0.159. The fourth-order valence-electron chi connectivity index (χ4n) is 6.31. The van der Waals surface area contributed by atoms with Crippen LogP contribution >= 0.6 is 0 Å². The van der Waals surface area contributed by atoms with Crippen molar-refractivity contribution in [1.29, 1.82) is 0 Å². The number of nitrogens with one attached hydrogen (secondary N) is 1. The number of carbonyl (C=O) groups excluding carboxylic acids is 2. The van der Waals surface area contributed by atoms with Gasteiger partial charge in [-0.2, -0.15) is 0 Å². The molecule has 2 amide bonds. The summed E-state index contributed by atoms with van der Waals surface area (Å²) in [5.41, 5.74) is 1.72. The number of carbonyl (C=O) groups is 2. The number of nitrogens with zero attached hydrogens (tertiary/aromatic N) is 2. The fourth-order valence-corrected chi connectivity index (χ4v) is 7.74. The Hall–Kier alpha value is -5.23. The van der Waals surface area contributed by atoms with Crippen molar-refractivity contribution in [2.75, 3.05) is 39.3 Å². The molecule has 0 radical (unpaired) electrons. The highest BCUT2D eigenvalue weighted by Crippen LogP contribution is 2.38. The summed E-state index contributed by atoms with van der Waals surface area (Å²) in [7, 11) is 1.26. The van der Waals surface area contributed by atoms with Gasteiger partial charge in [0.2, 0.25) is 11.8 Å². The molecular formula is C39H45N3O8S. The molecule has 11 nitrogen and oxygen atoms in total. The Kier molecular flexibility index (Phi) is 12.4. The van der Waals surface area contributed by atoms with Crippen molar-refractivity contribution in [3.05, 3.63) is 108 Å². The Morgan fingerprint density at radius 1 is 0.745 bits per heavy atom. The lowest BCUT2D eigenvalue weighted by atomic mass is 10.0. The second kappa shape index (κ2) is 17.1. The predicted molar refractivity (Wildman–Crippen MR) is 195 cm³/mol. The molecule has 1 unspecified atom stereocenters. The molecule has 0 saturated heterocycles. The zero-order chi connectivity index (χ0) is 36.4. The molecule has 12 heteroatoms. The van der Waals surface area contributed by atoms with Crippen LogP contribution in [0.2, 0.25) is 0 Å². The highest BCUT2D eigenvalue weighted by molar-refractivity contribution is 7.92. The van der Waals surface area contributed by atoms with Crippen LogP contribution in [0.4, 0.5) is 5.69 Å². The van der Waals surface area contributed by atoms with E-state index in [-0.39, 0.29) is 47.0 Å². The highest BCUT2D eigenvalue weighted by Gasteiger charge is 2.37. The van der Waals surface area contributed by atoms with Crippen LogP contribution < -0.4 is 28.6 Å². The maximum Gasteiger partial charge on any atom is 0.265 e. The number of rotatable bonds is 16. The van der Waals surface area contributed by atoms with Gasteiger partial charge in [-0.25, -0.2) is 8.42 Å². The monoisotopic (exact) mass is 715 g/mol. The third kappa shape index (κ3) is 8.93. The lowest BCUT2D eigenvalue weighted by Crippen LogP contribution is -2.54. The first-order chi connectivity index (χ1) is 24.7. The minimum absolute atomic E-state index is 0.00687. The number of anilines is 1. The summed E-state index contributed by atoms with van der Waals surface area (Å²) < 4.78 is 52.2. The van der Waals surface area contributed by atoms with Crippen molar-refractivity contribution in [3.63, 3.8) is 0 Å². The molecular weight excluding hydrogens is 671 g/mol. The molecule has 270 valence electrons. The van der Waals surface area contributed by atoms with Crippen LogP contribution in [0.15, 0.2) is 102 Å². The Labute approximate surface area is 300 Å². The van der Waals surface area contributed by atoms with Crippen molar-refractivity contribution in [1.82, 2.24) is 10.2 Å². The maximum atomic E-state index is 14.9. The van der Waals surface area contributed by atoms with E-state index in [0.29, 0.717) is 11.5 Å². The van der Waals surface area contributed by atoms with E-state index < -0.39 is 28.5 Å². The molecule has 1 atom stereocenters. The van der Waals surface area contributed by atoms with E-state index in [1.54, 1.807) is 12.1 Å². The molecule has 1 fully saturated rings. The topological polar surface area (TPSA) is 124 Å².